The average molecular weight is 493 g/mol. The zero-order valence-electron chi connectivity index (χ0n) is 19.2. The molecule has 0 saturated carbocycles. The van der Waals surface area contributed by atoms with Crippen molar-refractivity contribution in [2.75, 3.05) is 11.9 Å². The van der Waals surface area contributed by atoms with Gasteiger partial charge in [0.25, 0.3) is 5.91 Å². The summed E-state index contributed by atoms with van der Waals surface area (Å²) < 4.78 is 17.3. The van der Waals surface area contributed by atoms with E-state index in [1.807, 2.05) is 19.1 Å². The van der Waals surface area contributed by atoms with Crippen LogP contribution < -0.4 is 20.1 Å². The Balaban J connectivity index is 1.41. The standard InChI is InChI=1S/C25H24N4O5S/c1-3-32-23-11-18(6-8-22(23)33-14-17-5-4-10-26-12-17)24(31)29-25-28-20(15-35-25)21-9-7-19(34-21)13-27-16(2)30/h4-12,15H,3,13-14H2,1-2H3,(H,27,30)(H,28,29,31). The first kappa shape index (κ1) is 24.0. The molecule has 35 heavy (non-hydrogen) atoms. The molecule has 4 aromatic rings. The lowest BCUT2D eigenvalue weighted by Crippen LogP contribution is -2.18. The Morgan fingerprint density at radius 2 is 2.00 bits per heavy atom. The quantitative estimate of drug-likeness (QED) is 0.331. The van der Waals surface area contributed by atoms with Crippen LogP contribution >= 0.6 is 11.3 Å². The number of hydrogen-bond acceptors (Lipinski definition) is 8. The molecule has 0 atom stereocenters. The minimum absolute atomic E-state index is 0.137. The van der Waals surface area contributed by atoms with Crippen LogP contribution in [0.3, 0.4) is 0 Å². The fraction of sp³-hybridized carbons (Fsp3) is 0.200. The average Bonchev–Trinajstić information content (AvgIpc) is 3.52. The fourth-order valence-electron chi connectivity index (χ4n) is 3.12. The van der Waals surface area contributed by atoms with E-state index < -0.39 is 0 Å². The van der Waals surface area contributed by atoms with E-state index in [0.29, 0.717) is 59.2 Å². The summed E-state index contributed by atoms with van der Waals surface area (Å²) in [5.74, 6) is 1.72. The van der Waals surface area contributed by atoms with Gasteiger partial charge in [-0.25, -0.2) is 4.98 Å². The van der Waals surface area contributed by atoms with E-state index in [0.717, 1.165) is 5.56 Å². The third kappa shape index (κ3) is 6.45. The molecule has 0 unspecified atom stereocenters. The summed E-state index contributed by atoms with van der Waals surface area (Å²) in [5, 5.41) is 7.71. The largest absolute Gasteiger partial charge is 0.490 e. The number of anilines is 1. The molecule has 0 fully saturated rings. The molecule has 0 aliphatic heterocycles. The van der Waals surface area contributed by atoms with Crippen LogP contribution in [0.4, 0.5) is 5.13 Å². The van der Waals surface area contributed by atoms with Crippen molar-refractivity contribution in [2.45, 2.75) is 27.0 Å². The highest BCUT2D eigenvalue weighted by Crippen LogP contribution is 2.31. The van der Waals surface area contributed by atoms with Gasteiger partial charge in [0.15, 0.2) is 22.4 Å². The minimum atomic E-state index is -0.323. The first-order valence-electron chi connectivity index (χ1n) is 10.9. The van der Waals surface area contributed by atoms with Crippen LogP contribution in [-0.4, -0.2) is 28.4 Å². The number of nitrogens with zero attached hydrogens (tertiary/aromatic N) is 2. The van der Waals surface area contributed by atoms with Gasteiger partial charge in [0.1, 0.15) is 18.1 Å². The van der Waals surface area contributed by atoms with Gasteiger partial charge in [-0.05, 0) is 43.3 Å². The van der Waals surface area contributed by atoms with E-state index in [1.165, 1.54) is 18.3 Å². The minimum Gasteiger partial charge on any atom is -0.490 e. The number of rotatable bonds is 10. The monoisotopic (exact) mass is 492 g/mol. The van der Waals surface area contributed by atoms with E-state index >= 15 is 0 Å². The summed E-state index contributed by atoms with van der Waals surface area (Å²) >= 11 is 1.28. The maximum absolute atomic E-state index is 12.8. The second-order valence-electron chi connectivity index (χ2n) is 7.41. The van der Waals surface area contributed by atoms with Crippen LogP contribution in [0.2, 0.25) is 0 Å². The number of carbonyl (C=O) groups is 2. The third-order valence-electron chi connectivity index (χ3n) is 4.77. The molecular weight excluding hydrogens is 468 g/mol. The number of aromatic nitrogens is 2. The van der Waals surface area contributed by atoms with Gasteiger partial charge in [0.2, 0.25) is 5.91 Å². The number of ether oxygens (including phenoxy) is 2. The molecule has 3 aromatic heterocycles. The summed E-state index contributed by atoms with van der Waals surface area (Å²) in [7, 11) is 0. The lowest BCUT2D eigenvalue weighted by atomic mass is 10.2. The van der Waals surface area contributed by atoms with E-state index in [4.69, 9.17) is 13.9 Å². The molecule has 4 rings (SSSR count). The van der Waals surface area contributed by atoms with Crippen molar-refractivity contribution in [1.29, 1.82) is 0 Å². The molecule has 0 saturated heterocycles. The van der Waals surface area contributed by atoms with Crippen molar-refractivity contribution in [2.24, 2.45) is 0 Å². The molecular formula is C25H24N4O5S. The Labute approximate surface area is 206 Å². The van der Waals surface area contributed by atoms with Gasteiger partial charge in [-0.2, -0.15) is 0 Å². The number of amides is 2. The SMILES string of the molecule is CCOc1cc(C(=O)Nc2nc(-c3ccc(CNC(C)=O)o3)cs2)ccc1OCc1cccnc1. The Morgan fingerprint density at radius 1 is 1.11 bits per heavy atom. The van der Waals surface area contributed by atoms with Gasteiger partial charge in [0, 0.05) is 35.8 Å². The molecule has 1 aromatic carbocycles. The Hall–Kier alpha value is -4.18. The Morgan fingerprint density at radius 3 is 2.77 bits per heavy atom. The number of nitrogens with one attached hydrogen (secondary N) is 2. The summed E-state index contributed by atoms with van der Waals surface area (Å²) in [4.78, 5) is 32.4. The summed E-state index contributed by atoms with van der Waals surface area (Å²) in [6, 6.07) is 12.3. The van der Waals surface area contributed by atoms with Crippen LogP contribution in [-0.2, 0) is 17.9 Å². The molecule has 0 aliphatic carbocycles. The predicted octanol–water partition coefficient (Wildman–Crippen LogP) is 4.66. The third-order valence-corrected chi connectivity index (χ3v) is 5.53. The first-order valence-corrected chi connectivity index (χ1v) is 11.8. The van der Waals surface area contributed by atoms with Crippen molar-refractivity contribution in [3.8, 4) is 23.0 Å². The zero-order valence-corrected chi connectivity index (χ0v) is 20.1. The summed E-state index contributed by atoms with van der Waals surface area (Å²) in [6.45, 7) is 4.37. The van der Waals surface area contributed by atoms with Gasteiger partial charge < -0.3 is 19.2 Å². The summed E-state index contributed by atoms with van der Waals surface area (Å²) in [5.41, 5.74) is 1.93. The molecule has 10 heteroatoms. The molecule has 180 valence electrons. The topological polar surface area (TPSA) is 116 Å². The molecule has 9 nitrogen and oxygen atoms in total. The maximum Gasteiger partial charge on any atom is 0.257 e. The molecule has 2 amide bonds. The van der Waals surface area contributed by atoms with Crippen molar-refractivity contribution in [3.63, 3.8) is 0 Å². The molecule has 0 bridgehead atoms. The van der Waals surface area contributed by atoms with Crippen LogP contribution in [0.15, 0.2) is 64.7 Å². The van der Waals surface area contributed by atoms with E-state index in [1.54, 1.807) is 48.1 Å². The van der Waals surface area contributed by atoms with E-state index in [2.05, 4.69) is 20.6 Å². The number of thiazole rings is 1. The van der Waals surface area contributed by atoms with Crippen LogP contribution in [0, 0.1) is 0 Å². The molecule has 0 radical (unpaired) electrons. The van der Waals surface area contributed by atoms with Crippen molar-refractivity contribution >= 4 is 28.3 Å². The van der Waals surface area contributed by atoms with Gasteiger partial charge in [-0.1, -0.05) is 6.07 Å². The number of pyridine rings is 1. The second kappa shape index (κ2) is 11.3. The Kier molecular flexibility index (Phi) is 7.74. The molecule has 2 N–H and O–H groups in total. The lowest BCUT2D eigenvalue weighted by molar-refractivity contribution is -0.119. The van der Waals surface area contributed by atoms with Crippen LogP contribution in [0.5, 0.6) is 11.5 Å². The van der Waals surface area contributed by atoms with E-state index in [9.17, 15) is 9.59 Å². The summed E-state index contributed by atoms with van der Waals surface area (Å²) in [6.07, 6.45) is 3.44. The van der Waals surface area contributed by atoms with Crippen molar-refractivity contribution in [1.82, 2.24) is 15.3 Å². The first-order chi connectivity index (χ1) is 17.0. The highest BCUT2D eigenvalue weighted by atomic mass is 32.1. The van der Waals surface area contributed by atoms with Gasteiger partial charge in [-0.3, -0.25) is 19.9 Å². The highest BCUT2D eigenvalue weighted by molar-refractivity contribution is 7.14. The molecule has 0 aliphatic rings. The maximum atomic E-state index is 12.8. The van der Waals surface area contributed by atoms with Crippen LogP contribution in [0.25, 0.3) is 11.5 Å². The van der Waals surface area contributed by atoms with Gasteiger partial charge >= 0.3 is 0 Å². The lowest BCUT2D eigenvalue weighted by Gasteiger charge is -2.13. The number of carbonyl (C=O) groups excluding carboxylic acids is 2. The fourth-order valence-corrected chi connectivity index (χ4v) is 3.81. The smallest absolute Gasteiger partial charge is 0.257 e. The number of benzene rings is 1. The van der Waals surface area contributed by atoms with Gasteiger partial charge in [-0.15, -0.1) is 11.3 Å². The normalized spacial score (nSPS) is 10.6. The van der Waals surface area contributed by atoms with Gasteiger partial charge in [0.05, 0.1) is 13.2 Å². The van der Waals surface area contributed by atoms with Crippen LogP contribution in [0.1, 0.15) is 35.5 Å². The predicted molar refractivity (Wildman–Crippen MR) is 131 cm³/mol. The number of furan rings is 1. The zero-order chi connectivity index (χ0) is 24.6. The van der Waals surface area contributed by atoms with Crippen molar-refractivity contribution in [3.05, 3.63) is 77.1 Å². The molecule has 3 heterocycles. The van der Waals surface area contributed by atoms with Crippen molar-refractivity contribution < 1.29 is 23.5 Å². The Bertz CT molecular complexity index is 1300. The number of hydrogen-bond donors (Lipinski definition) is 2. The molecule has 0 spiro atoms. The highest BCUT2D eigenvalue weighted by Gasteiger charge is 2.15. The van der Waals surface area contributed by atoms with E-state index in [-0.39, 0.29) is 11.8 Å². The second-order valence-corrected chi connectivity index (χ2v) is 8.27.